The summed E-state index contributed by atoms with van der Waals surface area (Å²) in [5.74, 6) is -17.8. The fourth-order valence-corrected chi connectivity index (χ4v) is 15.6. The quantitative estimate of drug-likeness (QED) is 0.0185. The Morgan fingerprint density at radius 1 is 0.400 bits per heavy atom. The molecular formula is C54H62N14O34S8. The largest absolute Gasteiger partial charge is 0.481 e. The number of carbonyl (C=O) groups is 6. The van der Waals surface area contributed by atoms with Gasteiger partial charge in [0, 0.05) is 37.3 Å². The Balaban J connectivity index is 1.50. The highest BCUT2D eigenvalue weighted by Crippen LogP contribution is 2.34. The van der Waals surface area contributed by atoms with Gasteiger partial charge in [-0.2, -0.15) is 97.2 Å². The average molecular weight is 1710 g/mol. The molecule has 2 amide bonds. The van der Waals surface area contributed by atoms with Gasteiger partial charge in [-0.05, 0) is 99.5 Å². The molecule has 56 heteroatoms. The summed E-state index contributed by atoms with van der Waals surface area (Å²) in [6.07, 6.45) is -2.88. The van der Waals surface area contributed by atoms with E-state index >= 15 is 0 Å². The molecular weight excluding hydrogens is 1650 g/mol. The standard InChI is InChI=1S/C54H62N14O34S8/c1-53(2,25-103(79,80)81)65-41(69)15-17-67(35(45(75)76)23-43(71)72)51-61-47(59-49(63-51)57-33-21-31(105(85,86)87)11-13-37(33)107(91,92)93)55-29-9-7-27(39(19-29)109(97,98)99)5-6-28-8-10-30(20-40(28)110(100,101)102)56-48-60-50(58-34-22-32(106(88,89)90)12-14-38(34)108(94,95)96)64-52(62-48)68(36(46(77)78)24-44(73)74)18-16-42(70)66-54(3,4)26-104(82,83)84/h5-14,19-22,35-36H,15-18,23-26H2,1-4H3,(H,65,69)(H,66,70)(H,71,72)(H,73,74)(H,75,76)(H,77,78)(H,79,80,81)(H,82,83,84)(H,85,86,87)(H,88,89,90)(H,91,92,93)(H,94,95,96)(H,97,98,99)(H,100,101,102)(H2,55,57,59,61,63)(H2,56,58,60,62,64)/b6-5+. The minimum absolute atomic E-state index is 0.411. The third-order valence-corrected chi connectivity index (χ3v) is 21.6. The van der Waals surface area contributed by atoms with Crippen molar-refractivity contribution < 1.29 is 153 Å². The van der Waals surface area contributed by atoms with Crippen LogP contribution in [-0.2, 0) is 110 Å². The van der Waals surface area contributed by atoms with Gasteiger partial charge in [0.2, 0.25) is 47.5 Å². The van der Waals surface area contributed by atoms with Crippen LogP contribution >= 0.6 is 0 Å². The van der Waals surface area contributed by atoms with Crippen LogP contribution < -0.4 is 41.7 Å². The number of carboxylic acid groups (broad SMARTS) is 4. The number of hydrogen-bond donors (Lipinski definition) is 18. The minimum Gasteiger partial charge on any atom is -0.481 e. The van der Waals surface area contributed by atoms with Gasteiger partial charge in [0.25, 0.3) is 80.9 Å². The second kappa shape index (κ2) is 33.4. The summed E-state index contributed by atoms with van der Waals surface area (Å²) >= 11 is 0. The molecule has 0 saturated carbocycles. The van der Waals surface area contributed by atoms with Crippen molar-refractivity contribution in [1.82, 2.24) is 40.5 Å². The SMILES string of the molecule is CC(C)(CS(=O)(=O)O)NC(=O)CCN(c1nc(Nc2ccc(/C=C/c3ccc(Nc4nc(Nc5cc(S(=O)(=O)O)ccc5S(=O)(=O)O)nc(N(CCC(=O)NC(C)(C)CS(=O)(=O)O)C(CC(=O)O)C(=O)O)n4)cc3S(=O)(=O)O)c(S(=O)(=O)O)c2)nc(Nc2cc(S(=O)(=O)O)ccc2S(=O)(=O)O)n1)C(CC(=O)O)C(=O)O. The van der Waals surface area contributed by atoms with Crippen LogP contribution in [0.5, 0.6) is 0 Å². The number of carboxylic acids is 4. The molecule has 0 aliphatic heterocycles. The predicted molar refractivity (Wildman–Crippen MR) is 375 cm³/mol. The molecule has 0 radical (unpaired) electrons. The van der Waals surface area contributed by atoms with Crippen LogP contribution in [0.2, 0.25) is 0 Å². The first-order valence-corrected chi connectivity index (χ1v) is 41.6. The lowest BCUT2D eigenvalue weighted by Crippen LogP contribution is -2.50. The number of anilines is 10. The van der Waals surface area contributed by atoms with Gasteiger partial charge in [0.05, 0.1) is 56.6 Å². The van der Waals surface area contributed by atoms with E-state index in [1.807, 2.05) is 0 Å². The van der Waals surface area contributed by atoms with Crippen LogP contribution in [0.15, 0.2) is 102 Å². The van der Waals surface area contributed by atoms with Gasteiger partial charge in [-0.3, -0.25) is 55.6 Å². The van der Waals surface area contributed by atoms with E-state index < -0.39 is 289 Å². The number of benzene rings is 4. The van der Waals surface area contributed by atoms with E-state index in [-0.39, 0.29) is 0 Å². The Bertz CT molecular complexity index is 5350. The lowest BCUT2D eigenvalue weighted by Gasteiger charge is -2.29. The molecule has 0 aliphatic rings. The Morgan fingerprint density at radius 2 is 0.700 bits per heavy atom. The zero-order chi connectivity index (χ0) is 83.2. The Kier molecular flexibility index (Phi) is 26.9. The van der Waals surface area contributed by atoms with Gasteiger partial charge in [0.1, 0.15) is 31.7 Å². The molecule has 6 rings (SSSR count). The summed E-state index contributed by atoms with van der Waals surface area (Å²) in [4.78, 5) is 95.1. The first-order valence-electron chi connectivity index (χ1n) is 29.7. The van der Waals surface area contributed by atoms with Crippen molar-refractivity contribution in [1.29, 1.82) is 0 Å². The van der Waals surface area contributed by atoms with Crippen LogP contribution in [0.25, 0.3) is 12.2 Å². The van der Waals surface area contributed by atoms with E-state index in [9.17, 15) is 153 Å². The number of nitrogens with one attached hydrogen (secondary N) is 6. The third kappa shape index (κ3) is 26.1. The maximum Gasteiger partial charge on any atom is 0.327 e. The monoisotopic (exact) mass is 1710 g/mol. The predicted octanol–water partition coefficient (Wildman–Crippen LogP) is 0.496. The number of aliphatic carboxylic acids is 4. The lowest BCUT2D eigenvalue weighted by molar-refractivity contribution is -0.145. The van der Waals surface area contributed by atoms with Crippen molar-refractivity contribution in [2.75, 3.05) is 55.7 Å². The Labute approximate surface area is 622 Å². The summed E-state index contributed by atoms with van der Waals surface area (Å²) in [7, 11) is -41.8. The molecule has 4 aromatic carbocycles. The fraction of sp³-hybridized carbons (Fsp3) is 0.296. The number of carbonyl (C=O) groups excluding carboxylic acids is 2. The van der Waals surface area contributed by atoms with Crippen LogP contribution in [0.4, 0.5) is 58.4 Å². The van der Waals surface area contributed by atoms with E-state index in [1.54, 1.807) is 0 Å². The normalized spacial score (nSPS) is 13.3. The lowest BCUT2D eigenvalue weighted by atomic mass is 10.1. The molecule has 2 atom stereocenters. The van der Waals surface area contributed by atoms with E-state index in [1.165, 1.54) is 0 Å². The second-order valence-corrected chi connectivity index (χ2v) is 35.5. The summed E-state index contributed by atoms with van der Waals surface area (Å²) in [6, 6.07) is 3.05. The van der Waals surface area contributed by atoms with Crippen molar-refractivity contribution in [3.8, 4) is 0 Å². The molecule has 0 fully saturated rings. The molecule has 0 bridgehead atoms. The van der Waals surface area contributed by atoms with Crippen molar-refractivity contribution in [3.63, 3.8) is 0 Å². The highest BCUT2D eigenvalue weighted by molar-refractivity contribution is 7.87. The van der Waals surface area contributed by atoms with Crippen LogP contribution in [-0.4, -0.2) is 238 Å². The van der Waals surface area contributed by atoms with Crippen LogP contribution in [0, 0.1) is 0 Å². The number of nitrogens with zero attached hydrogens (tertiary/aromatic N) is 8. The zero-order valence-corrected chi connectivity index (χ0v) is 62.6. The molecule has 600 valence electrons. The van der Waals surface area contributed by atoms with Crippen molar-refractivity contribution in [3.05, 3.63) is 83.9 Å². The summed E-state index contributed by atoms with van der Waals surface area (Å²) in [5.41, 5.74) is -7.60. The van der Waals surface area contributed by atoms with E-state index in [0.717, 1.165) is 64.1 Å². The molecule has 0 aliphatic carbocycles. The van der Waals surface area contributed by atoms with Gasteiger partial charge >= 0.3 is 23.9 Å². The molecule has 110 heavy (non-hydrogen) atoms. The van der Waals surface area contributed by atoms with Crippen molar-refractivity contribution >= 4 is 187 Å². The first kappa shape index (κ1) is 88.4. The van der Waals surface area contributed by atoms with Gasteiger partial charge < -0.3 is 62.1 Å². The second-order valence-electron chi connectivity index (χ2n) is 24.2. The van der Waals surface area contributed by atoms with E-state index in [0.29, 0.717) is 58.3 Å². The molecule has 2 unspecified atom stereocenters. The van der Waals surface area contributed by atoms with Gasteiger partial charge in [-0.15, -0.1) is 0 Å². The fourth-order valence-electron chi connectivity index (χ4n) is 9.91. The number of rotatable bonds is 38. The number of aromatic nitrogens is 6. The highest BCUT2D eigenvalue weighted by atomic mass is 32.2. The van der Waals surface area contributed by atoms with E-state index in [2.05, 4.69) is 61.8 Å². The minimum atomic E-state index is -5.51. The smallest absolute Gasteiger partial charge is 0.327 e. The molecule has 2 heterocycles. The average Bonchev–Trinajstić information content (AvgIpc) is 0.793. The van der Waals surface area contributed by atoms with E-state index in [4.69, 9.17) is 0 Å². The first-order chi connectivity index (χ1) is 50.1. The van der Waals surface area contributed by atoms with Crippen LogP contribution in [0.1, 0.15) is 64.5 Å². The summed E-state index contributed by atoms with van der Waals surface area (Å²) < 4.78 is 279. The number of hydrogen-bond acceptors (Lipinski definition) is 34. The number of amides is 2. The molecule has 0 spiro atoms. The molecule has 18 N–H and O–H groups in total. The Hall–Kier alpha value is -10.5. The van der Waals surface area contributed by atoms with Crippen LogP contribution in [0.3, 0.4) is 0 Å². The highest BCUT2D eigenvalue weighted by Gasteiger charge is 2.37. The van der Waals surface area contributed by atoms with Gasteiger partial charge in [0.15, 0.2) is 0 Å². The summed E-state index contributed by atoms with van der Waals surface area (Å²) in [6.45, 7) is 2.69. The van der Waals surface area contributed by atoms with Crippen molar-refractivity contribution in [2.24, 2.45) is 0 Å². The molecule has 48 nitrogen and oxygen atoms in total. The zero-order valence-electron chi connectivity index (χ0n) is 56.1. The third-order valence-electron chi connectivity index (χ3n) is 14.1. The maximum absolute atomic E-state index is 13.3. The Morgan fingerprint density at radius 3 is 0.964 bits per heavy atom. The van der Waals surface area contributed by atoms with Gasteiger partial charge in [-0.1, -0.05) is 24.3 Å². The maximum atomic E-state index is 13.3. The topological polar surface area (TPSA) is 774 Å². The molecule has 2 aromatic heterocycles. The molecule has 0 saturated heterocycles. The molecule has 6 aromatic rings. The van der Waals surface area contributed by atoms with Gasteiger partial charge in [-0.25, -0.2) is 9.59 Å². The van der Waals surface area contributed by atoms with Crippen molar-refractivity contribution in [2.45, 2.75) is 106 Å². The summed E-state index contributed by atoms with van der Waals surface area (Å²) in [5, 5.41) is 54.2.